The summed E-state index contributed by atoms with van der Waals surface area (Å²) in [6.45, 7) is 3.98. The Balaban J connectivity index is 2.02. The van der Waals surface area contributed by atoms with Crippen LogP contribution in [0, 0.1) is 6.92 Å². The molecule has 0 saturated carbocycles. The molecule has 22 heavy (non-hydrogen) atoms. The van der Waals surface area contributed by atoms with Gasteiger partial charge in [-0.1, -0.05) is 13.0 Å². The van der Waals surface area contributed by atoms with Gasteiger partial charge in [0.2, 0.25) is 0 Å². The number of pyridine rings is 2. The fraction of sp³-hybridized carbons (Fsp3) is 0.188. The van der Waals surface area contributed by atoms with Crippen LogP contribution in [0.2, 0.25) is 0 Å². The highest BCUT2D eigenvalue weighted by Crippen LogP contribution is 2.17. The van der Waals surface area contributed by atoms with Crippen LogP contribution >= 0.6 is 15.9 Å². The molecule has 6 heteroatoms. The summed E-state index contributed by atoms with van der Waals surface area (Å²) < 4.78 is 2.70. The van der Waals surface area contributed by atoms with Crippen LogP contribution in [0.3, 0.4) is 0 Å². The highest BCUT2D eigenvalue weighted by Gasteiger charge is 2.18. The Hall–Kier alpha value is -2.21. The molecule has 0 aliphatic rings. The zero-order valence-electron chi connectivity index (χ0n) is 12.3. The molecule has 0 aromatic carbocycles. The van der Waals surface area contributed by atoms with Crippen molar-refractivity contribution in [2.24, 2.45) is 0 Å². The lowest BCUT2D eigenvalue weighted by Crippen LogP contribution is -2.17. The number of anilines is 1. The van der Waals surface area contributed by atoms with Gasteiger partial charge in [-0.2, -0.15) is 0 Å². The molecule has 112 valence electrons. The molecular weight excluding hydrogens is 344 g/mol. The van der Waals surface area contributed by atoms with Crippen molar-refractivity contribution in [1.29, 1.82) is 0 Å². The minimum absolute atomic E-state index is 0.204. The Labute approximate surface area is 136 Å². The first-order chi connectivity index (χ1) is 10.6. The van der Waals surface area contributed by atoms with Gasteiger partial charge in [0.1, 0.15) is 17.2 Å². The summed E-state index contributed by atoms with van der Waals surface area (Å²) in [4.78, 5) is 21.3. The van der Waals surface area contributed by atoms with Gasteiger partial charge in [-0.05, 0) is 53.0 Å². The Kier molecular flexibility index (Phi) is 3.94. The first-order valence-electron chi connectivity index (χ1n) is 6.99. The maximum absolute atomic E-state index is 12.6. The largest absolute Gasteiger partial charge is 0.305 e. The lowest BCUT2D eigenvalue weighted by molar-refractivity contribution is 0.102. The molecule has 3 aromatic rings. The average Bonchev–Trinajstić information content (AvgIpc) is 2.87. The minimum Gasteiger partial charge on any atom is -0.305 e. The van der Waals surface area contributed by atoms with Gasteiger partial charge < -0.3 is 5.32 Å². The quantitative estimate of drug-likeness (QED) is 0.777. The van der Waals surface area contributed by atoms with Crippen molar-refractivity contribution in [3.63, 3.8) is 0 Å². The summed E-state index contributed by atoms with van der Waals surface area (Å²) in [6, 6.07) is 7.49. The molecule has 0 bridgehead atoms. The van der Waals surface area contributed by atoms with Gasteiger partial charge in [0.25, 0.3) is 5.91 Å². The van der Waals surface area contributed by atoms with Gasteiger partial charge in [0, 0.05) is 16.9 Å². The molecule has 3 heterocycles. The van der Waals surface area contributed by atoms with E-state index < -0.39 is 0 Å². The van der Waals surface area contributed by atoms with Crippen molar-refractivity contribution in [2.45, 2.75) is 20.3 Å². The lowest BCUT2D eigenvalue weighted by atomic mass is 10.2. The fourth-order valence-corrected chi connectivity index (χ4v) is 2.55. The van der Waals surface area contributed by atoms with E-state index in [4.69, 9.17) is 0 Å². The molecule has 0 radical (unpaired) electrons. The smallest absolute Gasteiger partial charge is 0.275 e. The molecule has 0 aliphatic heterocycles. The predicted octanol–water partition coefficient (Wildman–Crippen LogP) is 3.61. The van der Waals surface area contributed by atoms with Gasteiger partial charge >= 0.3 is 0 Å². The molecule has 0 atom stereocenters. The van der Waals surface area contributed by atoms with Gasteiger partial charge in [-0.15, -0.1) is 0 Å². The number of carbonyl (C=O) groups is 1. The summed E-state index contributed by atoms with van der Waals surface area (Å²) in [5, 5.41) is 2.83. The molecule has 0 fully saturated rings. The van der Waals surface area contributed by atoms with E-state index in [9.17, 15) is 4.79 Å². The number of fused-ring (bicyclic) bond motifs is 1. The number of hydrogen-bond acceptors (Lipinski definition) is 3. The van der Waals surface area contributed by atoms with Crippen molar-refractivity contribution < 1.29 is 4.79 Å². The van der Waals surface area contributed by atoms with Crippen molar-refractivity contribution in [3.05, 3.63) is 58.1 Å². The zero-order valence-corrected chi connectivity index (χ0v) is 13.9. The summed E-state index contributed by atoms with van der Waals surface area (Å²) >= 11 is 3.32. The number of carbonyl (C=O) groups excluding carboxylic acids is 1. The fourth-order valence-electron chi connectivity index (χ4n) is 2.31. The first kappa shape index (κ1) is 14.7. The maximum atomic E-state index is 12.6. The second-order valence-corrected chi connectivity index (χ2v) is 5.93. The Morgan fingerprint density at radius 1 is 1.32 bits per heavy atom. The summed E-state index contributed by atoms with van der Waals surface area (Å²) in [7, 11) is 0. The average molecular weight is 359 g/mol. The number of amides is 1. The highest BCUT2D eigenvalue weighted by atomic mass is 79.9. The van der Waals surface area contributed by atoms with E-state index in [0.717, 1.165) is 21.4 Å². The van der Waals surface area contributed by atoms with Crippen LogP contribution in [0.15, 0.2) is 41.1 Å². The number of aromatic nitrogens is 3. The van der Waals surface area contributed by atoms with Gasteiger partial charge in [-0.3, -0.25) is 9.20 Å². The van der Waals surface area contributed by atoms with E-state index >= 15 is 0 Å². The van der Waals surface area contributed by atoms with Crippen molar-refractivity contribution in [1.82, 2.24) is 14.4 Å². The summed E-state index contributed by atoms with van der Waals surface area (Å²) in [6.07, 6.45) is 4.26. The second kappa shape index (κ2) is 5.88. The predicted molar refractivity (Wildman–Crippen MR) is 89.2 cm³/mol. The molecular formula is C16H15BrN4O. The van der Waals surface area contributed by atoms with Gasteiger partial charge in [0.15, 0.2) is 0 Å². The topological polar surface area (TPSA) is 59.3 Å². The van der Waals surface area contributed by atoms with Gasteiger partial charge in [0.05, 0.1) is 5.69 Å². The Morgan fingerprint density at radius 3 is 2.82 bits per heavy atom. The summed E-state index contributed by atoms with van der Waals surface area (Å²) in [5.74, 6) is 0.308. The van der Waals surface area contributed by atoms with Crippen molar-refractivity contribution >= 4 is 33.3 Å². The van der Waals surface area contributed by atoms with Crippen LogP contribution in [0.25, 0.3) is 5.65 Å². The van der Waals surface area contributed by atoms with Crippen molar-refractivity contribution in [3.8, 4) is 0 Å². The normalized spacial score (nSPS) is 10.9. The number of nitrogens with zero attached hydrogens (tertiary/aromatic N) is 3. The highest BCUT2D eigenvalue weighted by molar-refractivity contribution is 9.10. The molecule has 0 saturated heterocycles. The van der Waals surface area contributed by atoms with E-state index in [1.165, 1.54) is 0 Å². The Morgan fingerprint density at radius 2 is 2.14 bits per heavy atom. The molecule has 1 N–H and O–H groups in total. The number of imidazole rings is 1. The van der Waals surface area contributed by atoms with Crippen LogP contribution < -0.4 is 5.32 Å². The molecule has 0 aliphatic carbocycles. The monoisotopic (exact) mass is 358 g/mol. The third kappa shape index (κ3) is 2.74. The van der Waals surface area contributed by atoms with E-state index in [2.05, 4.69) is 31.2 Å². The number of hydrogen-bond donors (Lipinski definition) is 1. The van der Waals surface area contributed by atoms with E-state index in [0.29, 0.717) is 17.9 Å². The summed E-state index contributed by atoms with van der Waals surface area (Å²) in [5.41, 5.74) is 3.19. The number of nitrogens with one attached hydrogen (secondary N) is 1. The standard InChI is InChI=1S/C16H15BrN4O/c1-3-12-15(21-9-10(2)4-7-14(21)19-12)16(22)20-13-6-5-11(17)8-18-13/h4-9H,3H2,1-2H3,(H,18,20,22). The van der Waals surface area contributed by atoms with Crippen LogP contribution in [-0.2, 0) is 6.42 Å². The zero-order chi connectivity index (χ0) is 15.7. The number of rotatable bonds is 3. The SMILES string of the molecule is CCc1nc2ccc(C)cn2c1C(=O)Nc1ccc(Br)cn1. The molecule has 1 amide bonds. The lowest BCUT2D eigenvalue weighted by Gasteiger charge is -2.06. The molecule has 5 nitrogen and oxygen atoms in total. The maximum Gasteiger partial charge on any atom is 0.275 e. The number of halogens is 1. The first-order valence-corrected chi connectivity index (χ1v) is 7.78. The molecule has 0 unspecified atom stereocenters. The van der Waals surface area contributed by atoms with E-state index in [1.807, 2.05) is 42.6 Å². The molecule has 3 rings (SSSR count). The third-order valence-electron chi connectivity index (χ3n) is 3.36. The molecule has 3 aromatic heterocycles. The van der Waals surface area contributed by atoms with E-state index in [-0.39, 0.29) is 5.91 Å². The third-order valence-corrected chi connectivity index (χ3v) is 3.83. The second-order valence-electron chi connectivity index (χ2n) is 5.01. The Bertz CT molecular complexity index is 839. The van der Waals surface area contributed by atoms with Gasteiger partial charge in [-0.25, -0.2) is 9.97 Å². The van der Waals surface area contributed by atoms with Crippen molar-refractivity contribution in [2.75, 3.05) is 5.32 Å². The van der Waals surface area contributed by atoms with Crippen LogP contribution in [0.4, 0.5) is 5.82 Å². The van der Waals surface area contributed by atoms with Crippen LogP contribution in [0.5, 0.6) is 0 Å². The minimum atomic E-state index is -0.204. The number of aryl methyl sites for hydroxylation is 2. The van der Waals surface area contributed by atoms with Crippen LogP contribution in [-0.4, -0.2) is 20.3 Å². The molecule has 0 spiro atoms. The van der Waals surface area contributed by atoms with Crippen LogP contribution in [0.1, 0.15) is 28.7 Å². The van der Waals surface area contributed by atoms with E-state index in [1.54, 1.807) is 12.3 Å².